The Morgan fingerprint density at radius 2 is 1.83 bits per heavy atom. The molecule has 0 radical (unpaired) electrons. The fourth-order valence-corrected chi connectivity index (χ4v) is 3.14. The van der Waals surface area contributed by atoms with E-state index < -0.39 is 0 Å². The van der Waals surface area contributed by atoms with E-state index in [1.165, 1.54) is 5.56 Å². The molecular formula is C23H32N4O2. The highest BCUT2D eigenvalue weighted by molar-refractivity contribution is 5.79. The van der Waals surface area contributed by atoms with Crippen LogP contribution >= 0.6 is 0 Å². The highest BCUT2D eigenvalue weighted by Gasteiger charge is 2.09. The molecule has 0 bridgehead atoms. The summed E-state index contributed by atoms with van der Waals surface area (Å²) in [6.07, 6.45) is 0. The van der Waals surface area contributed by atoms with Gasteiger partial charge in [-0.2, -0.15) is 0 Å². The molecule has 6 heteroatoms. The lowest BCUT2D eigenvalue weighted by molar-refractivity contribution is 0.0322. The van der Waals surface area contributed by atoms with Crippen molar-refractivity contribution in [2.24, 2.45) is 4.99 Å². The molecule has 2 N–H and O–H groups in total. The minimum Gasteiger partial charge on any atom is -0.492 e. The highest BCUT2D eigenvalue weighted by Crippen LogP contribution is 2.14. The van der Waals surface area contributed by atoms with Crippen LogP contribution in [0.25, 0.3) is 0 Å². The molecule has 156 valence electrons. The van der Waals surface area contributed by atoms with Crippen molar-refractivity contribution in [1.29, 1.82) is 0 Å². The van der Waals surface area contributed by atoms with Crippen molar-refractivity contribution >= 4 is 5.96 Å². The summed E-state index contributed by atoms with van der Waals surface area (Å²) in [5, 5.41) is 6.68. The Kier molecular flexibility index (Phi) is 8.82. The minimum atomic E-state index is 0.602. The van der Waals surface area contributed by atoms with Crippen molar-refractivity contribution in [3.05, 3.63) is 65.7 Å². The molecule has 29 heavy (non-hydrogen) atoms. The van der Waals surface area contributed by atoms with E-state index in [1.54, 1.807) is 0 Å². The zero-order valence-electron chi connectivity index (χ0n) is 17.3. The third-order valence-corrected chi connectivity index (χ3v) is 4.75. The summed E-state index contributed by atoms with van der Waals surface area (Å²) < 4.78 is 11.3. The third kappa shape index (κ3) is 7.75. The SMILES string of the molecule is CCNC(=NCc1cccc(OCCN2CCOCC2)c1)NCc1ccccc1. The van der Waals surface area contributed by atoms with E-state index in [9.17, 15) is 0 Å². The fourth-order valence-electron chi connectivity index (χ4n) is 3.14. The van der Waals surface area contributed by atoms with Gasteiger partial charge in [0.05, 0.1) is 19.8 Å². The van der Waals surface area contributed by atoms with E-state index >= 15 is 0 Å². The van der Waals surface area contributed by atoms with Crippen molar-refractivity contribution in [2.45, 2.75) is 20.0 Å². The Balaban J connectivity index is 1.48. The van der Waals surface area contributed by atoms with Crippen molar-refractivity contribution in [1.82, 2.24) is 15.5 Å². The second-order valence-electron chi connectivity index (χ2n) is 6.98. The van der Waals surface area contributed by atoms with Gasteiger partial charge in [-0.15, -0.1) is 0 Å². The van der Waals surface area contributed by atoms with Crippen LogP contribution < -0.4 is 15.4 Å². The number of nitrogens with zero attached hydrogens (tertiary/aromatic N) is 2. The molecule has 1 aliphatic rings. The molecule has 1 fully saturated rings. The number of guanidine groups is 1. The van der Waals surface area contributed by atoms with E-state index in [2.05, 4.69) is 46.7 Å². The topological polar surface area (TPSA) is 58.1 Å². The Morgan fingerprint density at radius 1 is 1.03 bits per heavy atom. The van der Waals surface area contributed by atoms with Crippen molar-refractivity contribution < 1.29 is 9.47 Å². The average molecular weight is 397 g/mol. The van der Waals surface area contributed by atoms with Gasteiger partial charge < -0.3 is 20.1 Å². The summed E-state index contributed by atoms with van der Waals surface area (Å²) in [4.78, 5) is 7.08. The first-order valence-corrected chi connectivity index (χ1v) is 10.4. The lowest BCUT2D eigenvalue weighted by Gasteiger charge is -2.26. The fraction of sp³-hybridized carbons (Fsp3) is 0.435. The quantitative estimate of drug-likeness (QED) is 0.504. The number of morpholine rings is 1. The summed E-state index contributed by atoms with van der Waals surface area (Å²) in [5.74, 6) is 1.71. The van der Waals surface area contributed by atoms with Gasteiger partial charge >= 0.3 is 0 Å². The Bertz CT molecular complexity index is 746. The Hall–Kier alpha value is -2.57. The molecule has 0 saturated carbocycles. The molecule has 1 aliphatic heterocycles. The van der Waals surface area contributed by atoms with Crippen LogP contribution in [0.5, 0.6) is 5.75 Å². The molecule has 0 spiro atoms. The largest absolute Gasteiger partial charge is 0.492 e. The van der Waals surface area contributed by atoms with Crippen molar-refractivity contribution in [3.8, 4) is 5.75 Å². The molecule has 0 unspecified atom stereocenters. The Labute approximate surface area is 173 Å². The molecule has 1 saturated heterocycles. The summed E-state index contributed by atoms with van der Waals surface area (Å²) in [5.41, 5.74) is 2.36. The smallest absolute Gasteiger partial charge is 0.191 e. The predicted molar refractivity (Wildman–Crippen MR) is 117 cm³/mol. The molecule has 0 aliphatic carbocycles. The van der Waals surface area contributed by atoms with Gasteiger partial charge in [-0.1, -0.05) is 42.5 Å². The lowest BCUT2D eigenvalue weighted by atomic mass is 10.2. The van der Waals surface area contributed by atoms with Crippen molar-refractivity contribution in [3.63, 3.8) is 0 Å². The van der Waals surface area contributed by atoms with E-state index in [0.717, 1.165) is 63.2 Å². The molecule has 2 aromatic carbocycles. The summed E-state index contributed by atoms with van der Waals surface area (Å²) in [6.45, 7) is 9.48. The maximum Gasteiger partial charge on any atom is 0.191 e. The number of hydrogen-bond donors (Lipinski definition) is 2. The second-order valence-corrected chi connectivity index (χ2v) is 6.98. The zero-order chi connectivity index (χ0) is 20.2. The molecule has 0 amide bonds. The third-order valence-electron chi connectivity index (χ3n) is 4.75. The van der Waals surface area contributed by atoms with Gasteiger partial charge in [-0.3, -0.25) is 4.90 Å². The lowest BCUT2D eigenvalue weighted by Crippen LogP contribution is -2.38. The average Bonchev–Trinajstić information content (AvgIpc) is 2.77. The molecule has 0 aromatic heterocycles. The van der Waals surface area contributed by atoms with E-state index in [0.29, 0.717) is 13.2 Å². The summed E-state index contributed by atoms with van der Waals surface area (Å²) >= 11 is 0. The number of hydrogen-bond acceptors (Lipinski definition) is 4. The van der Waals surface area contributed by atoms with E-state index in [4.69, 9.17) is 14.5 Å². The monoisotopic (exact) mass is 396 g/mol. The van der Waals surface area contributed by atoms with Crippen LogP contribution in [0.15, 0.2) is 59.6 Å². The number of rotatable bonds is 9. The Morgan fingerprint density at radius 3 is 2.62 bits per heavy atom. The molecule has 0 atom stereocenters. The van der Waals surface area contributed by atoms with Crippen LogP contribution in [0, 0.1) is 0 Å². The first-order valence-electron chi connectivity index (χ1n) is 10.4. The standard InChI is InChI=1S/C23H32N4O2/c1-2-24-23(25-18-20-7-4-3-5-8-20)26-19-21-9-6-10-22(17-21)29-16-13-27-11-14-28-15-12-27/h3-10,17H,2,11-16,18-19H2,1H3,(H2,24,25,26). The van der Waals surface area contributed by atoms with Crippen LogP contribution in [0.1, 0.15) is 18.1 Å². The minimum absolute atomic E-state index is 0.602. The first-order chi connectivity index (χ1) is 14.3. The molecule has 6 nitrogen and oxygen atoms in total. The normalized spacial score (nSPS) is 15.1. The van der Waals surface area contributed by atoms with E-state index in [1.807, 2.05) is 30.3 Å². The van der Waals surface area contributed by atoms with Gasteiger partial charge in [0.25, 0.3) is 0 Å². The molecule has 3 rings (SSSR count). The van der Waals surface area contributed by atoms with Gasteiger partial charge in [0, 0.05) is 32.7 Å². The molecule has 1 heterocycles. The number of ether oxygens (including phenoxy) is 2. The van der Waals surface area contributed by atoms with Crippen molar-refractivity contribution in [2.75, 3.05) is 46.0 Å². The number of benzene rings is 2. The van der Waals surface area contributed by atoms with Gasteiger partial charge in [-0.25, -0.2) is 4.99 Å². The van der Waals surface area contributed by atoms with Crippen LogP contribution in [0.2, 0.25) is 0 Å². The van der Waals surface area contributed by atoms with Gasteiger partial charge in [0.15, 0.2) is 5.96 Å². The number of aliphatic imine (C=N–C) groups is 1. The second kappa shape index (κ2) is 12.1. The van der Waals surface area contributed by atoms with Crippen LogP contribution in [0.3, 0.4) is 0 Å². The highest BCUT2D eigenvalue weighted by atomic mass is 16.5. The maximum atomic E-state index is 5.95. The predicted octanol–water partition coefficient (Wildman–Crippen LogP) is 2.65. The van der Waals surface area contributed by atoms with Crippen LogP contribution in [-0.4, -0.2) is 56.9 Å². The first kappa shape index (κ1) is 21.1. The summed E-state index contributed by atoms with van der Waals surface area (Å²) in [7, 11) is 0. The maximum absolute atomic E-state index is 5.95. The van der Waals surface area contributed by atoms with Crippen LogP contribution in [0.4, 0.5) is 0 Å². The van der Waals surface area contributed by atoms with Gasteiger partial charge in [0.1, 0.15) is 12.4 Å². The van der Waals surface area contributed by atoms with Gasteiger partial charge in [-0.05, 0) is 30.2 Å². The van der Waals surface area contributed by atoms with Gasteiger partial charge in [0.2, 0.25) is 0 Å². The number of nitrogens with one attached hydrogen (secondary N) is 2. The molecule has 2 aromatic rings. The summed E-state index contributed by atoms with van der Waals surface area (Å²) in [6, 6.07) is 18.5. The molecular weight excluding hydrogens is 364 g/mol. The zero-order valence-corrected chi connectivity index (χ0v) is 17.3. The van der Waals surface area contributed by atoms with Crippen LogP contribution in [-0.2, 0) is 17.8 Å². The van der Waals surface area contributed by atoms with E-state index in [-0.39, 0.29) is 0 Å².